The number of aliphatic hydroxyl groups excluding tert-OH is 1. The fraction of sp³-hybridized carbons (Fsp3) is 0.615. The monoisotopic (exact) mass is 427 g/mol. The van der Waals surface area contributed by atoms with Crippen molar-refractivity contribution in [3.8, 4) is 0 Å². The number of fused-ring (bicyclic) bond motifs is 1. The van der Waals surface area contributed by atoms with E-state index in [1.165, 1.54) is 0 Å². The number of likely N-dealkylation sites (tertiary alicyclic amines) is 1. The summed E-state index contributed by atoms with van der Waals surface area (Å²) in [6.07, 6.45) is 6.39. The highest BCUT2D eigenvalue weighted by atomic mass is 16.3. The number of carbonyl (C=O) groups excluding carboxylic acids is 2. The second kappa shape index (κ2) is 9.56. The number of aliphatic hydroxyl groups is 1. The molecule has 1 aliphatic rings. The molecule has 1 aliphatic heterocycles. The quantitative estimate of drug-likeness (QED) is 0.552. The lowest BCUT2D eigenvalue weighted by molar-refractivity contribution is -0.133. The maximum Gasteiger partial charge on any atom is 0.227 e. The fourth-order valence-electron chi connectivity index (χ4n) is 4.84. The molecule has 2 aromatic rings. The van der Waals surface area contributed by atoms with Crippen LogP contribution < -0.4 is 0 Å². The minimum Gasteiger partial charge on any atom is -0.453 e. The van der Waals surface area contributed by atoms with Crippen LogP contribution in [0, 0.1) is 5.41 Å². The highest BCUT2D eigenvalue weighted by Gasteiger charge is 2.37. The molecule has 31 heavy (non-hydrogen) atoms. The van der Waals surface area contributed by atoms with Gasteiger partial charge in [-0.1, -0.05) is 53.5 Å². The van der Waals surface area contributed by atoms with Gasteiger partial charge in [0, 0.05) is 28.4 Å². The van der Waals surface area contributed by atoms with E-state index in [-0.39, 0.29) is 42.6 Å². The molecule has 2 heterocycles. The predicted octanol–water partition coefficient (Wildman–Crippen LogP) is 5.66. The summed E-state index contributed by atoms with van der Waals surface area (Å²) in [6.45, 7) is 9.82. The van der Waals surface area contributed by atoms with Crippen molar-refractivity contribution in [3.05, 3.63) is 35.1 Å². The Labute approximate surface area is 185 Å². The summed E-state index contributed by atoms with van der Waals surface area (Å²) in [5, 5.41) is 10.4. The van der Waals surface area contributed by atoms with E-state index in [0.717, 1.165) is 49.5 Å². The van der Waals surface area contributed by atoms with Crippen molar-refractivity contribution >= 4 is 22.7 Å². The third kappa shape index (κ3) is 4.87. The van der Waals surface area contributed by atoms with Gasteiger partial charge in [-0.2, -0.15) is 0 Å². The Hall–Kier alpha value is -2.14. The summed E-state index contributed by atoms with van der Waals surface area (Å²) in [6, 6.07) is 5.98. The van der Waals surface area contributed by atoms with E-state index in [1.807, 2.05) is 26.8 Å². The van der Waals surface area contributed by atoms with Crippen molar-refractivity contribution in [2.24, 2.45) is 5.41 Å². The van der Waals surface area contributed by atoms with Crippen LogP contribution in [0.25, 0.3) is 11.0 Å². The Kier molecular flexibility index (Phi) is 7.25. The molecular weight excluding hydrogens is 390 g/mol. The number of carbonyl (C=O) groups is 2. The summed E-state index contributed by atoms with van der Waals surface area (Å²) in [4.78, 5) is 28.9. The number of ketones is 1. The molecule has 3 rings (SSSR count). The standard InChI is InChI=1S/C26H37NO4/c1-6-8-18-11-12-19(9-7-2)27(18)23(29)15-21-20-14-17(16-28)10-13-22(20)31-24(21)25(30)26(3,4)5/h10,13-14,18-19,28H,6-9,11-12,15-16H2,1-5H3/t18-,19-/m1/s1. The molecule has 5 nitrogen and oxygen atoms in total. The van der Waals surface area contributed by atoms with Gasteiger partial charge in [0.15, 0.2) is 5.76 Å². The maximum absolute atomic E-state index is 13.6. The minimum atomic E-state index is -0.616. The van der Waals surface area contributed by atoms with Crippen LogP contribution in [-0.4, -0.2) is 33.8 Å². The van der Waals surface area contributed by atoms with E-state index in [0.29, 0.717) is 11.1 Å². The van der Waals surface area contributed by atoms with Crippen molar-refractivity contribution in [2.45, 2.75) is 98.3 Å². The first-order chi connectivity index (χ1) is 14.7. The van der Waals surface area contributed by atoms with Crippen LogP contribution >= 0.6 is 0 Å². The SMILES string of the molecule is CCC[C@@H]1CC[C@@H](CCC)N1C(=O)Cc1c(C(=O)C(C)(C)C)oc2ccc(CO)cc12. The largest absolute Gasteiger partial charge is 0.453 e. The number of nitrogens with zero attached hydrogens (tertiary/aromatic N) is 1. The molecule has 0 unspecified atom stereocenters. The van der Waals surface area contributed by atoms with Crippen LogP contribution in [0.1, 0.15) is 94.8 Å². The van der Waals surface area contributed by atoms with Crippen molar-refractivity contribution < 1.29 is 19.1 Å². The highest BCUT2D eigenvalue weighted by molar-refractivity contribution is 6.04. The molecule has 0 saturated carbocycles. The molecule has 0 spiro atoms. The van der Waals surface area contributed by atoms with Crippen molar-refractivity contribution in [1.82, 2.24) is 4.90 Å². The molecule has 0 radical (unpaired) electrons. The third-order valence-electron chi connectivity index (χ3n) is 6.40. The molecule has 1 fully saturated rings. The van der Waals surface area contributed by atoms with Crippen molar-refractivity contribution in [2.75, 3.05) is 0 Å². The molecule has 1 aromatic carbocycles. The number of hydrogen-bond acceptors (Lipinski definition) is 4. The van der Waals surface area contributed by atoms with Gasteiger partial charge in [-0.3, -0.25) is 9.59 Å². The van der Waals surface area contributed by atoms with Crippen LogP contribution in [0.2, 0.25) is 0 Å². The Morgan fingerprint density at radius 2 is 1.71 bits per heavy atom. The van der Waals surface area contributed by atoms with E-state index >= 15 is 0 Å². The minimum absolute atomic E-state index is 0.0782. The zero-order chi connectivity index (χ0) is 22.8. The van der Waals surface area contributed by atoms with E-state index in [9.17, 15) is 14.7 Å². The number of Topliss-reactive ketones (excluding diaryl/α,β-unsaturated/α-hetero) is 1. The Bertz CT molecular complexity index is 923. The van der Waals surface area contributed by atoms with Gasteiger partial charge in [-0.15, -0.1) is 0 Å². The summed E-state index contributed by atoms with van der Waals surface area (Å²) in [5.41, 5.74) is 1.37. The molecular formula is C26H37NO4. The first-order valence-corrected chi connectivity index (χ1v) is 11.7. The van der Waals surface area contributed by atoms with Gasteiger partial charge in [0.25, 0.3) is 0 Å². The highest BCUT2D eigenvalue weighted by Crippen LogP contribution is 2.35. The molecule has 0 bridgehead atoms. The molecule has 0 aliphatic carbocycles. The average molecular weight is 428 g/mol. The molecule has 5 heteroatoms. The summed E-state index contributed by atoms with van der Waals surface area (Å²) < 4.78 is 6.00. The summed E-state index contributed by atoms with van der Waals surface area (Å²) in [5.74, 6) is 0.257. The second-order valence-corrected chi connectivity index (χ2v) is 9.92. The molecule has 1 N–H and O–H groups in total. The predicted molar refractivity (Wildman–Crippen MR) is 123 cm³/mol. The number of furan rings is 1. The van der Waals surface area contributed by atoms with Gasteiger partial charge in [0.05, 0.1) is 13.0 Å². The first kappa shape index (κ1) is 23.5. The van der Waals surface area contributed by atoms with E-state index in [1.54, 1.807) is 12.1 Å². The molecule has 1 saturated heterocycles. The first-order valence-electron chi connectivity index (χ1n) is 11.7. The Balaban J connectivity index is 2.03. The van der Waals surface area contributed by atoms with Gasteiger partial charge in [-0.05, 0) is 43.4 Å². The Morgan fingerprint density at radius 3 is 2.23 bits per heavy atom. The molecule has 170 valence electrons. The fourth-order valence-corrected chi connectivity index (χ4v) is 4.84. The van der Waals surface area contributed by atoms with Gasteiger partial charge < -0.3 is 14.4 Å². The zero-order valence-corrected chi connectivity index (χ0v) is 19.7. The van der Waals surface area contributed by atoms with Gasteiger partial charge >= 0.3 is 0 Å². The van der Waals surface area contributed by atoms with Crippen LogP contribution in [0.5, 0.6) is 0 Å². The number of amides is 1. The second-order valence-electron chi connectivity index (χ2n) is 9.92. The number of hydrogen-bond donors (Lipinski definition) is 1. The third-order valence-corrected chi connectivity index (χ3v) is 6.40. The van der Waals surface area contributed by atoms with Gasteiger partial charge in [0.1, 0.15) is 5.58 Å². The normalized spacial score (nSPS) is 19.4. The Morgan fingerprint density at radius 1 is 1.10 bits per heavy atom. The van der Waals surface area contributed by atoms with Crippen LogP contribution in [0.4, 0.5) is 0 Å². The smallest absolute Gasteiger partial charge is 0.227 e. The topological polar surface area (TPSA) is 70.8 Å². The molecule has 1 amide bonds. The van der Waals surface area contributed by atoms with Crippen LogP contribution in [-0.2, 0) is 17.8 Å². The number of rotatable bonds is 8. The van der Waals surface area contributed by atoms with E-state index < -0.39 is 5.41 Å². The summed E-state index contributed by atoms with van der Waals surface area (Å²) in [7, 11) is 0. The van der Waals surface area contributed by atoms with E-state index in [2.05, 4.69) is 18.7 Å². The van der Waals surface area contributed by atoms with Crippen LogP contribution in [0.3, 0.4) is 0 Å². The van der Waals surface area contributed by atoms with Crippen molar-refractivity contribution in [3.63, 3.8) is 0 Å². The number of benzene rings is 1. The zero-order valence-electron chi connectivity index (χ0n) is 19.7. The lowest BCUT2D eigenvalue weighted by Crippen LogP contribution is -2.42. The van der Waals surface area contributed by atoms with Gasteiger partial charge in [-0.25, -0.2) is 0 Å². The van der Waals surface area contributed by atoms with Gasteiger partial charge in [0.2, 0.25) is 11.7 Å². The summed E-state index contributed by atoms with van der Waals surface area (Å²) >= 11 is 0. The van der Waals surface area contributed by atoms with Crippen LogP contribution in [0.15, 0.2) is 22.6 Å². The average Bonchev–Trinajstić information content (AvgIpc) is 3.28. The lowest BCUT2D eigenvalue weighted by Gasteiger charge is -2.30. The molecule has 2 atom stereocenters. The molecule has 1 aromatic heterocycles. The lowest BCUT2D eigenvalue weighted by atomic mass is 9.87. The van der Waals surface area contributed by atoms with E-state index in [4.69, 9.17) is 4.42 Å². The maximum atomic E-state index is 13.6. The van der Waals surface area contributed by atoms with Crippen molar-refractivity contribution in [1.29, 1.82) is 0 Å².